The number of carbonyl (C=O) groups excluding carboxylic acids is 1. The zero-order valence-electron chi connectivity index (χ0n) is 14.8. The van der Waals surface area contributed by atoms with Crippen LogP contribution in [-0.2, 0) is 4.74 Å². The van der Waals surface area contributed by atoms with Gasteiger partial charge in [0.05, 0.1) is 18.8 Å². The van der Waals surface area contributed by atoms with Crippen LogP contribution in [0, 0.1) is 5.41 Å². The summed E-state index contributed by atoms with van der Waals surface area (Å²) in [5, 5.41) is 0. The summed E-state index contributed by atoms with van der Waals surface area (Å²) in [6.45, 7) is 4.54. The van der Waals surface area contributed by atoms with E-state index in [-0.39, 0.29) is 11.3 Å². The molecule has 0 aromatic carbocycles. The topological polar surface area (TPSA) is 71.5 Å². The van der Waals surface area contributed by atoms with Crippen molar-refractivity contribution in [1.82, 2.24) is 19.9 Å². The summed E-state index contributed by atoms with van der Waals surface area (Å²) in [5.41, 5.74) is 0.696. The Labute approximate surface area is 153 Å². The summed E-state index contributed by atoms with van der Waals surface area (Å²) >= 11 is 0. The highest BCUT2D eigenvalue weighted by atomic mass is 16.5. The Morgan fingerprint density at radius 1 is 1.08 bits per heavy atom. The van der Waals surface area contributed by atoms with Crippen molar-refractivity contribution in [2.45, 2.75) is 12.8 Å². The molecule has 0 unspecified atom stereocenters. The normalized spacial score (nSPS) is 20.0. The van der Waals surface area contributed by atoms with Crippen LogP contribution in [0.4, 0.5) is 5.95 Å². The van der Waals surface area contributed by atoms with Gasteiger partial charge in [-0.1, -0.05) is 0 Å². The molecule has 2 fully saturated rings. The van der Waals surface area contributed by atoms with E-state index < -0.39 is 0 Å². The Morgan fingerprint density at radius 3 is 2.62 bits per heavy atom. The van der Waals surface area contributed by atoms with Crippen molar-refractivity contribution in [3.8, 4) is 0 Å². The second kappa shape index (κ2) is 7.37. The Balaban J connectivity index is 1.44. The number of hydrogen-bond donors (Lipinski definition) is 0. The third-order valence-electron chi connectivity index (χ3n) is 5.29. The molecule has 136 valence electrons. The number of likely N-dealkylation sites (tertiary alicyclic amines) is 1. The van der Waals surface area contributed by atoms with E-state index in [2.05, 4.69) is 19.9 Å². The van der Waals surface area contributed by atoms with E-state index in [1.807, 2.05) is 17.0 Å². The zero-order chi connectivity index (χ0) is 17.8. The minimum Gasteiger partial charge on any atom is -0.379 e. The number of hydrogen-bond acceptors (Lipinski definition) is 6. The van der Waals surface area contributed by atoms with Gasteiger partial charge in [-0.2, -0.15) is 0 Å². The van der Waals surface area contributed by atoms with Crippen LogP contribution in [0.15, 0.2) is 43.0 Å². The van der Waals surface area contributed by atoms with E-state index in [9.17, 15) is 4.79 Å². The zero-order valence-corrected chi connectivity index (χ0v) is 14.8. The predicted molar refractivity (Wildman–Crippen MR) is 96.9 cm³/mol. The lowest BCUT2D eigenvalue weighted by Gasteiger charge is -2.42. The first-order valence-corrected chi connectivity index (χ1v) is 9.05. The predicted octanol–water partition coefficient (Wildman–Crippen LogP) is 1.63. The maximum Gasteiger partial charge on any atom is 0.255 e. The van der Waals surface area contributed by atoms with Gasteiger partial charge in [0.1, 0.15) is 0 Å². The van der Waals surface area contributed by atoms with Gasteiger partial charge in [0.2, 0.25) is 5.95 Å². The molecule has 2 aliphatic heterocycles. The smallest absolute Gasteiger partial charge is 0.255 e. The maximum atomic E-state index is 12.6. The standard InChI is InChI=1S/C19H23N5O2/c25-17(16-3-1-6-20-13-16)23-9-4-19(5-10-23)14-24(11-12-26-15-19)18-21-7-2-8-22-18/h1-3,6-8,13H,4-5,9-12,14-15H2. The van der Waals surface area contributed by atoms with Crippen molar-refractivity contribution >= 4 is 11.9 Å². The Morgan fingerprint density at radius 2 is 1.88 bits per heavy atom. The molecule has 0 radical (unpaired) electrons. The number of ether oxygens (including phenoxy) is 1. The fraction of sp³-hybridized carbons (Fsp3) is 0.474. The molecule has 0 atom stereocenters. The van der Waals surface area contributed by atoms with E-state index in [0.29, 0.717) is 12.2 Å². The molecule has 2 saturated heterocycles. The van der Waals surface area contributed by atoms with Gasteiger partial charge in [-0.15, -0.1) is 0 Å². The molecule has 2 aromatic rings. The van der Waals surface area contributed by atoms with Crippen LogP contribution in [0.3, 0.4) is 0 Å². The lowest BCUT2D eigenvalue weighted by Crippen LogP contribution is -2.49. The summed E-state index contributed by atoms with van der Waals surface area (Å²) in [4.78, 5) is 29.6. The van der Waals surface area contributed by atoms with Crippen LogP contribution in [-0.4, -0.2) is 65.2 Å². The molecule has 1 spiro atoms. The van der Waals surface area contributed by atoms with Crippen LogP contribution in [0.1, 0.15) is 23.2 Å². The molecule has 0 saturated carbocycles. The highest BCUT2D eigenvalue weighted by Crippen LogP contribution is 2.35. The van der Waals surface area contributed by atoms with Crippen LogP contribution in [0.25, 0.3) is 0 Å². The minimum absolute atomic E-state index is 0.0431. The lowest BCUT2D eigenvalue weighted by atomic mass is 9.78. The Kier molecular flexibility index (Phi) is 4.79. The lowest BCUT2D eigenvalue weighted by molar-refractivity contribution is 0.0207. The van der Waals surface area contributed by atoms with Crippen LogP contribution in [0.2, 0.25) is 0 Å². The first-order chi connectivity index (χ1) is 12.8. The third kappa shape index (κ3) is 3.53. The average molecular weight is 353 g/mol. The summed E-state index contributed by atoms with van der Waals surface area (Å²) in [5.74, 6) is 0.817. The van der Waals surface area contributed by atoms with Crippen molar-refractivity contribution in [2.75, 3.05) is 44.3 Å². The first-order valence-electron chi connectivity index (χ1n) is 9.05. The highest BCUT2D eigenvalue weighted by molar-refractivity contribution is 5.93. The number of aromatic nitrogens is 3. The van der Waals surface area contributed by atoms with E-state index in [4.69, 9.17) is 4.74 Å². The quantitative estimate of drug-likeness (QED) is 0.817. The van der Waals surface area contributed by atoms with Crippen molar-refractivity contribution in [3.05, 3.63) is 48.5 Å². The average Bonchev–Trinajstić information content (AvgIpc) is 2.92. The van der Waals surface area contributed by atoms with Gasteiger partial charge in [0.15, 0.2) is 0 Å². The molecule has 7 heteroatoms. The second-order valence-electron chi connectivity index (χ2n) is 7.06. The van der Waals surface area contributed by atoms with E-state index in [1.165, 1.54) is 0 Å². The molecule has 0 N–H and O–H groups in total. The minimum atomic E-state index is 0.0431. The summed E-state index contributed by atoms with van der Waals surface area (Å²) in [7, 11) is 0. The summed E-state index contributed by atoms with van der Waals surface area (Å²) < 4.78 is 5.91. The molecule has 2 aliphatic rings. The molecule has 1 amide bonds. The van der Waals surface area contributed by atoms with Crippen LogP contribution >= 0.6 is 0 Å². The van der Waals surface area contributed by atoms with Crippen molar-refractivity contribution in [3.63, 3.8) is 0 Å². The number of amides is 1. The largest absolute Gasteiger partial charge is 0.379 e. The molecule has 4 heterocycles. The monoisotopic (exact) mass is 353 g/mol. The SMILES string of the molecule is O=C(c1cccnc1)N1CCC2(CC1)COCCN(c1ncccn1)C2. The Hall–Kier alpha value is -2.54. The fourth-order valence-electron chi connectivity index (χ4n) is 3.78. The van der Waals surface area contributed by atoms with Gasteiger partial charge in [0.25, 0.3) is 5.91 Å². The molecule has 0 aliphatic carbocycles. The highest BCUT2D eigenvalue weighted by Gasteiger charge is 2.39. The molecule has 26 heavy (non-hydrogen) atoms. The molecular formula is C19H23N5O2. The van der Waals surface area contributed by atoms with Gasteiger partial charge in [-0.25, -0.2) is 9.97 Å². The maximum absolute atomic E-state index is 12.6. The van der Waals surface area contributed by atoms with Gasteiger partial charge < -0.3 is 14.5 Å². The number of nitrogens with zero attached hydrogens (tertiary/aromatic N) is 5. The first kappa shape index (κ1) is 16.9. The van der Waals surface area contributed by atoms with Gasteiger partial charge in [-0.05, 0) is 31.0 Å². The number of anilines is 1. The number of rotatable bonds is 2. The van der Waals surface area contributed by atoms with E-state index in [0.717, 1.165) is 51.6 Å². The van der Waals surface area contributed by atoms with Crippen LogP contribution in [0.5, 0.6) is 0 Å². The van der Waals surface area contributed by atoms with Gasteiger partial charge in [0, 0.05) is 56.4 Å². The van der Waals surface area contributed by atoms with Gasteiger partial charge in [-0.3, -0.25) is 9.78 Å². The number of carbonyl (C=O) groups is 1. The van der Waals surface area contributed by atoms with Crippen molar-refractivity contribution in [2.24, 2.45) is 5.41 Å². The Bertz CT molecular complexity index is 732. The third-order valence-corrected chi connectivity index (χ3v) is 5.29. The molecule has 0 bridgehead atoms. The molecular weight excluding hydrogens is 330 g/mol. The van der Waals surface area contributed by atoms with Gasteiger partial charge >= 0.3 is 0 Å². The molecule has 7 nitrogen and oxygen atoms in total. The van der Waals surface area contributed by atoms with Crippen LogP contribution < -0.4 is 4.90 Å². The number of pyridine rings is 1. The van der Waals surface area contributed by atoms with E-state index in [1.54, 1.807) is 30.9 Å². The van der Waals surface area contributed by atoms with Crippen molar-refractivity contribution < 1.29 is 9.53 Å². The molecule has 4 rings (SSSR count). The fourth-order valence-corrected chi connectivity index (χ4v) is 3.78. The summed E-state index contributed by atoms with van der Waals surface area (Å²) in [6, 6.07) is 5.45. The molecule has 2 aromatic heterocycles. The second-order valence-corrected chi connectivity index (χ2v) is 7.06. The summed E-state index contributed by atoms with van der Waals surface area (Å²) in [6.07, 6.45) is 8.71. The van der Waals surface area contributed by atoms with Crippen molar-refractivity contribution in [1.29, 1.82) is 0 Å². The van der Waals surface area contributed by atoms with E-state index >= 15 is 0 Å². The number of piperidine rings is 1.